The van der Waals surface area contributed by atoms with Crippen LogP contribution in [0.1, 0.15) is 50.1 Å². The third-order valence-corrected chi connectivity index (χ3v) is 4.41. The number of aryl methyl sites for hydroxylation is 2. The van der Waals surface area contributed by atoms with Crippen molar-refractivity contribution >= 4 is 5.91 Å². The molecule has 2 N–H and O–H groups in total. The predicted octanol–water partition coefficient (Wildman–Crippen LogP) is 1.75. The average Bonchev–Trinajstić information content (AvgIpc) is 2.77. The van der Waals surface area contributed by atoms with Crippen LogP contribution in [0.25, 0.3) is 0 Å². The number of ether oxygens (including phenoxy) is 1. The summed E-state index contributed by atoms with van der Waals surface area (Å²) in [6.07, 6.45) is 1.03. The van der Waals surface area contributed by atoms with Crippen LogP contribution >= 0.6 is 0 Å². The van der Waals surface area contributed by atoms with E-state index in [0.29, 0.717) is 13.0 Å². The summed E-state index contributed by atoms with van der Waals surface area (Å²) in [5, 5.41) is 10.2. The highest BCUT2D eigenvalue weighted by molar-refractivity contribution is 5.76. The first-order valence-electron chi connectivity index (χ1n) is 8.52. The third-order valence-electron chi connectivity index (χ3n) is 4.41. The molecule has 2 heterocycles. The standard InChI is InChI=1S/C17H30N4O2/c1-11(17-14(4)19-20-15(17)5)8-16(22)18-6-7-21-9-12(2)23-13(3)10-21/h11-13H,6-10H2,1-5H3,(H,18,22)(H,19,20)/t11-,12-,13+/m0/s1. The van der Waals surface area contributed by atoms with Crippen molar-refractivity contribution < 1.29 is 9.53 Å². The van der Waals surface area contributed by atoms with E-state index in [1.165, 1.54) is 0 Å². The number of aromatic amines is 1. The predicted molar refractivity (Wildman–Crippen MR) is 90.6 cm³/mol. The molecule has 3 atom stereocenters. The van der Waals surface area contributed by atoms with Crippen molar-refractivity contribution in [1.82, 2.24) is 20.4 Å². The van der Waals surface area contributed by atoms with E-state index in [1.807, 2.05) is 13.8 Å². The fraction of sp³-hybridized carbons (Fsp3) is 0.765. The van der Waals surface area contributed by atoms with Gasteiger partial charge in [-0.15, -0.1) is 0 Å². The van der Waals surface area contributed by atoms with Crippen LogP contribution in [0.3, 0.4) is 0 Å². The smallest absolute Gasteiger partial charge is 0.220 e. The minimum Gasteiger partial charge on any atom is -0.373 e. The monoisotopic (exact) mass is 322 g/mol. The number of morpholine rings is 1. The van der Waals surface area contributed by atoms with E-state index < -0.39 is 0 Å². The van der Waals surface area contributed by atoms with Crippen molar-refractivity contribution in [1.29, 1.82) is 0 Å². The summed E-state index contributed by atoms with van der Waals surface area (Å²) in [5.74, 6) is 0.282. The molecule has 130 valence electrons. The van der Waals surface area contributed by atoms with Crippen molar-refractivity contribution in [2.24, 2.45) is 0 Å². The van der Waals surface area contributed by atoms with Gasteiger partial charge in [-0.1, -0.05) is 6.92 Å². The van der Waals surface area contributed by atoms with Gasteiger partial charge in [-0.25, -0.2) is 0 Å². The summed E-state index contributed by atoms with van der Waals surface area (Å²) in [5.41, 5.74) is 3.20. The summed E-state index contributed by atoms with van der Waals surface area (Å²) in [6.45, 7) is 13.7. The van der Waals surface area contributed by atoms with Crippen LogP contribution in [0.4, 0.5) is 0 Å². The molecular weight excluding hydrogens is 292 g/mol. The lowest BCUT2D eigenvalue weighted by atomic mass is 9.95. The summed E-state index contributed by atoms with van der Waals surface area (Å²) in [6, 6.07) is 0. The zero-order chi connectivity index (χ0) is 17.0. The summed E-state index contributed by atoms with van der Waals surface area (Å²) < 4.78 is 5.72. The average molecular weight is 322 g/mol. The van der Waals surface area contributed by atoms with Gasteiger partial charge in [0.1, 0.15) is 0 Å². The van der Waals surface area contributed by atoms with Gasteiger partial charge in [0.05, 0.1) is 17.9 Å². The van der Waals surface area contributed by atoms with Crippen LogP contribution in [-0.2, 0) is 9.53 Å². The maximum Gasteiger partial charge on any atom is 0.220 e. The molecule has 1 saturated heterocycles. The number of carbonyl (C=O) groups is 1. The van der Waals surface area contributed by atoms with E-state index in [-0.39, 0.29) is 24.0 Å². The molecule has 1 aliphatic heterocycles. The summed E-state index contributed by atoms with van der Waals surface area (Å²) in [4.78, 5) is 14.5. The van der Waals surface area contributed by atoms with Crippen LogP contribution in [0.2, 0.25) is 0 Å². The fourth-order valence-electron chi connectivity index (χ4n) is 3.56. The Morgan fingerprint density at radius 2 is 2.04 bits per heavy atom. The Kier molecular flexibility index (Phi) is 6.18. The van der Waals surface area contributed by atoms with Crippen LogP contribution in [0.5, 0.6) is 0 Å². The van der Waals surface area contributed by atoms with E-state index in [1.54, 1.807) is 0 Å². The Labute approximate surface area is 139 Å². The van der Waals surface area contributed by atoms with Gasteiger partial charge in [-0.3, -0.25) is 14.8 Å². The van der Waals surface area contributed by atoms with Crippen molar-refractivity contribution in [3.8, 4) is 0 Å². The first-order valence-corrected chi connectivity index (χ1v) is 8.52. The second-order valence-electron chi connectivity index (χ2n) is 6.82. The molecule has 0 saturated carbocycles. The molecule has 0 bridgehead atoms. The topological polar surface area (TPSA) is 70.2 Å². The molecule has 0 unspecified atom stereocenters. The van der Waals surface area contributed by atoms with Crippen LogP contribution in [0.15, 0.2) is 0 Å². The number of H-pyrrole nitrogens is 1. The Bertz CT molecular complexity index is 499. The minimum absolute atomic E-state index is 0.104. The largest absolute Gasteiger partial charge is 0.373 e. The molecule has 1 fully saturated rings. The van der Waals surface area contributed by atoms with E-state index in [9.17, 15) is 4.79 Å². The zero-order valence-electron chi connectivity index (χ0n) is 15.0. The molecule has 2 rings (SSSR count). The Morgan fingerprint density at radius 3 is 2.61 bits per heavy atom. The second-order valence-corrected chi connectivity index (χ2v) is 6.82. The number of hydrogen-bond donors (Lipinski definition) is 2. The van der Waals surface area contributed by atoms with E-state index in [2.05, 4.69) is 41.2 Å². The second kappa shape index (κ2) is 7.93. The minimum atomic E-state index is 0.104. The highest BCUT2D eigenvalue weighted by Gasteiger charge is 2.22. The number of rotatable bonds is 6. The molecule has 0 spiro atoms. The van der Waals surface area contributed by atoms with Crippen LogP contribution < -0.4 is 5.32 Å². The number of nitrogens with zero attached hydrogens (tertiary/aromatic N) is 2. The third kappa shape index (κ3) is 5.04. The molecule has 1 aromatic heterocycles. The lowest BCUT2D eigenvalue weighted by molar-refractivity contribution is -0.121. The maximum absolute atomic E-state index is 12.2. The number of amides is 1. The fourth-order valence-corrected chi connectivity index (χ4v) is 3.56. The number of carbonyl (C=O) groups excluding carboxylic acids is 1. The van der Waals surface area contributed by atoms with Gasteiger partial charge >= 0.3 is 0 Å². The highest BCUT2D eigenvalue weighted by Crippen LogP contribution is 2.24. The molecule has 1 aliphatic rings. The van der Waals surface area contributed by atoms with Gasteiger partial charge in [-0.05, 0) is 39.2 Å². The maximum atomic E-state index is 12.2. The molecule has 0 radical (unpaired) electrons. The molecular formula is C17H30N4O2. The van der Waals surface area contributed by atoms with Crippen LogP contribution in [0, 0.1) is 13.8 Å². The Balaban J connectivity index is 1.73. The van der Waals surface area contributed by atoms with Crippen LogP contribution in [-0.4, -0.2) is 59.4 Å². The molecule has 1 aromatic rings. The number of nitrogens with one attached hydrogen (secondary N) is 2. The summed E-state index contributed by atoms with van der Waals surface area (Å²) in [7, 11) is 0. The Hall–Kier alpha value is -1.40. The van der Waals surface area contributed by atoms with Gasteiger partial charge in [0.2, 0.25) is 5.91 Å². The molecule has 6 heteroatoms. The quantitative estimate of drug-likeness (QED) is 0.837. The highest BCUT2D eigenvalue weighted by atomic mass is 16.5. The van der Waals surface area contributed by atoms with Crippen molar-refractivity contribution in [3.63, 3.8) is 0 Å². The SMILES string of the molecule is Cc1n[nH]c(C)c1[C@@H](C)CC(=O)NCCN1C[C@@H](C)O[C@@H](C)C1. The molecule has 1 amide bonds. The van der Waals surface area contributed by atoms with E-state index in [4.69, 9.17) is 4.74 Å². The van der Waals surface area contributed by atoms with Gasteiger partial charge in [-0.2, -0.15) is 5.10 Å². The first-order chi connectivity index (χ1) is 10.9. The first kappa shape index (κ1) is 17.9. The molecule has 6 nitrogen and oxygen atoms in total. The van der Waals surface area contributed by atoms with Crippen molar-refractivity contribution in [2.75, 3.05) is 26.2 Å². The van der Waals surface area contributed by atoms with Gasteiger partial charge < -0.3 is 10.1 Å². The van der Waals surface area contributed by atoms with E-state index in [0.717, 1.165) is 36.6 Å². The normalized spacial score (nSPS) is 23.7. The zero-order valence-corrected chi connectivity index (χ0v) is 15.0. The molecule has 23 heavy (non-hydrogen) atoms. The van der Waals surface area contributed by atoms with Gasteiger partial charge in [0.15, 0.2) is 0 Å². The number of hydrogen-bond acceptors (Lipinski definition) is 4. The number of aromatic nitrogens is 2. The lowest BCUT2D eigenvalue weighted by Gasteiger charge is -2.35. The summed E-state index contributed by atoms with van der Waals surface area (Å²) >= 11 is 0. The van der Waals surface area contributed by atoms with E-state index >= 15 is 0 Å². The van der Waals surface area contributed by atoms with Crippen molar-refractivity contribution in [3.05, 3.63) is 17.0 Å². The van der Waals surface area contributed by atoms with Gasteiger partial charge in [0, 0.05) is 38.3 Å². The lowest BCUT2D eigenvalue weighted by Crippen LogP contribution is -2.47. The van der Waals surface area contributed by atoms with Gasteiger partial charge in [0.25, 0.3) is 0 Å². The Morgan fingerprint density at radius 1 is 1.39 bits per heavy atom. The van der Waals surface area contributed by atoms with Crippen molar-refractivity contribution in [2.45, 2.75) is 59.2 Å². The molecule has 0 aromatic carbocycles. The molecule has 0 aliphatic carbocycles.